The van der Waals surface area contributed by atoms with Crippen LogP contribution in [0.5, 0.6) is 0 Å². The molecule has 2 aromatic rings. The lowest BCUT2D eigenvalue weighted by Crippen LogP contribution is -1.91. The summed E-state index contributed by atoms with van der Waals surface area (Å²) in [5, 5.41) is 0. The summed E-state index contributed by atoms with van der Waals surface area (Å²) < 4.78 is 1.82. The van der Waals surface area contributed by atoms with Gasteiger partial charge in [0.1, 0.15) is 5.69 Å². The average Bonchev–Trinajstić information content (AvgIpc) is 2.58. The Morgan fingerprint density at radius 1 is 1.54 bits per heavy atom. The number of aldehydes is 1. The number of nitrogens with zero attached hydrogens (tertiary/aromatic N) is 3. The first-order valence-corrected chi connectivity index (χ1v) is 4.12. The van der Waals surface area contributed by atoms with Crippen LogP contribution in [-0.4, -0.2) is 20.7 Å². The van der Waals surface area contributed by atoms with Crippen molar-refractivity contribution in [2.24, 2.45) is 0 Å². The van der Waals surface area contributed by atoms with Gasteiger partial charge in [0.2, 0.25) is 0 Å². The van der Waals surface area contributed by atoms with Gasteiger partial charge in [0.25, 0.3) is 0 Å². The fraction of sp³-hybridized carbons (Fsp3) is 0.222. The maximum absolute atomic E-state index is 10.4. The van der Waals surface area contributed by atoms with E-state index < -0.39 is 0 Å². The summed E-state index contributed by atoms with van der Waals surface area (Å²) in [6, 6.07) is 0. The van der Waals surface area contributed by atoms with Crippen LogP contribution in [-0.2, 0) is 6.42 Å². The molecule has 2 rings (SSSR count). The van der Waals surface area contributed by atoms with Gasteiger partial charge in [-0.3, -0.25) is 9.78 Å². The Morgan fingerprint density at radius 3 is 3.08 bits per heavy atom. The van der Waals surface area contributed by atoms with Crippen LogP contribution in [0.4, 0.5) is 0 Å². The molecule has 0 aromatic carbocycles. The summed E-state index contributed by atoms with van der Waals surface area (Å²) in [6.07, 6.45) is 6.87. The zero-order chi connectivity index (χ0) is 9.26. The maximum atomic E-state index is 10.4. The van der Waals surface area contributed by atoms with Crippen LogP contribution in [0.1, 0.15) is 23.1 Å². The second-order valence-electron chi connectivity index (χ2n) is 2.78. The molecular weight excluding hydrogens is 166 g/mol. The molecule has 0 aliphatic rings. The number of rotatable bonds is 2. The van der Waals surface area contributed by atoms with E-state index in [-0.39, 0.29) is 0 Å². The van der Waals surface area contributed by atoms with Gasteiger partial charge < -0.3 is 4.40 Å². The van der Waals surface area contributed by atoms with E-state index in [1.165, 1.54) is 0 Å². The lowest BCUT2D eigenvalue weighted by Gasteiger charge is -1.95. The zero-order valence-electron chi connectivity index (χ0n) is 7.27. The predicted octanol–water partition coefficient (Wildman–Crippen LogP) is 1.10. The Hall–Kier alpha value is -1.71. The number of carbonyl (C=O) groups excluding carboxylic acids is 1. The Labute approximate surface area is 75.2 Å². The predicted molar refractivity (Wildman–Crippen MR) is 47.8 cm³/mol. The topological polar surface area (TPSA) is 47.3 Å². The molecule has 0 fully saturated rings. The number of fused-ring (bicyclic) bond motifs is 1. The van der Waals surface area contributed by atoms with Gasteiger partial charge in [-0.05, 0) is 6.42 Å². The van der Waals surface area contributed by atoms with Gasteiger partial charge >= 0.3 is 0 Å². The van der Waals surface area contributed by atoms with E-state index in [1.807, 2.05) is 17.5 Å². The van der Waals surface area contributed by atoms with Crippen molar-refractivity contribution < 1.29 is 4.79 Å². The molecule has 0 amide bonds. The van der Waals surface area contributed by atoms with Crippen molar-refractivity contribution in [1.29, 1.82) is 0 Å². The molecule has 0 aliphatic carbocycles. The highest BCUT2D eigenvalue weighted by atomic mass is 16.1. The summed E-state index contributed by atoms with van der Waals surface area (Å²) in [6.45, 7) is 2.03. The molecule has 0 unspecified atom stereocenters. The SMILES string of the molecule is CCc1cn2cc(C=O)nc2cn1. The van der Waals surface area contributed by atoms with E-state index >= 15 is 0 Å². The molecule has 4 heteroatoms. The summed E-state index contributed by atoms with van der Waals surface area (Å²) in [5.41, 5.74) is 2.14. The zero-order valence-corrected chi connectivity index (χ0v) is 7.27. The van der Waals surface area contributed by atoms with Crippen LogP contribution in [0.2, 0.25) is 0 Å². The van der Waals surface area contributed by atoms with E-state index in [9.17, 15) is 4.79 Å². The van der Waals surface area contributed by atoms with Gasteiger partial charge in [-0.25, -0.2) is 4.98 Å². The van der Waals surface area contributed by atoms with Crippen molar-refractivity contribution in [2.45, 2.75) is 13.3 Å². The largest absolute Gasteiger partial charge is 0.303 e. The van der Waals surface area contributed by atoms with Gasteiger partial charge in [-0.2, -0.15) is 0 Å². The van der Waals surface area contributed by atoms with Crippen molar-refractivity contribution in [2.75, 3.05) is 0 Å². The molecule has 2 aromatic heterocycles. The minimum absolute atomic E-state index is 0.440. The molecule has 0 radical (unpaired) electrons. The third-order valence-electron chi connectivity index (χ3n) is 1.90. The molecule has 0 bridgehead atoms. The Bertz CT molecular complexity index is 447. The monoisotopic (exact) mass is 175 g/mol. The van der Waals surface area contributed by atoms with Crippen molar-refractivity contribution in [3.8, 4) is 0 Å². The minimum Gasteiger partial charge on any atom is -0.303 e. The molecule has 4 nitrogen and oxygen atoms in total. The van der Waals surface area contributed by atoms with E-state index in [0.717, 1.165) is 18.4 Å². The minimum atomic E-state index is 0.440. The highest BCUT2D eigenvalue weighted by Crippen LogP contribution is 2.03. The number of hydrogen-bond donors (Lipinski definition) is 0. The second-order valence-corrected chi connectivity index (χ2v) is 2.78. The third-order valence-corrected chi connectivity index (χ3v) is 1.90. The number of aromatic nitrogens is 3. The lowest BCUT2D eigenvalue weighted by molar-refractivity contribution is 0.111. The van der Waals surface area contributed by atoms with Crippen LogP contribution < -0.4 is 0 Å². The molecule has 0 spiro atoms. The molecule has 0 atom stereocenters. The molecule has 13 heavy (non-hydrogen) atoms. The fourth-order valence-electron chi connectivity index (χ4n) is 1.20. The lowest BCUT2D eigenvalue weighted by atomic mass is 10.3. The van der Waals surface area contributed by atoms with Gasteiger partial charge in [0.15, 0.2) is 11.9 Å². The van der Waals surface area contributed by atoms with Crippen LogP contribution in [0.25, 0.3) is 5.65 Å². The van der Waals surface area contributed by atoms with Crippen molar-refractivity contribution in [3.63, 3.8) is 0 Å². The van der Waals surface area contributed by atoms with Crippen molar-refractivity contribution in [3.05, 3.63) is 30.0 Å². The molecule has 0 saturated carbocycles. The van der Waals surface area contributed by atoms with E-state index in [1.54, 1.807) is 12.4 Å². The number of imidazole rings is 1. The first-order chi connectivity index (χ1) is 6.33. The van der Waals surface area contributed by atoms with Crippen LogP contribution in [0.15, 0.2) is 18.6 Å². The number of aryl methyl sites for hydroxylation is 1. The number of carbonyl (C=O) groups is 1. The van der Waals surface area contributed by atoms with Crippen LogP contribution >= 0.6 is 0 Å². The summed E-state index contributed by atoms with van der Waals surface area (Å²) in [5.74, 6) is 0. The van der Waals surface area contributed by atoms with E-state index in [0.29, 0.717) is 11.3 Å². The van der Waals surface area contributed by atoms with Gasteiger partial charge in [0.05, 0.1) is 11.9 Å². The van der Waals surface area contributed by atoms with Gasteiger partial charge in [-0.1, -0.05) is 6.92 Å². The quantitative estimate of drug-likeness (QED) is 0.642. The van der Waals surface area contributed by atoms with E-state index in [4.69, 9.17) is 0 Å². The highest BCUT2D eigenvalue weighted by molar-refractivity contribution is 5.72. The second kappa shape index (κ2) is 2.97. The first-order valence-electron chi connectivity index (χ1n) is 4.12. The Balaban J connectivity index is 2.63. The average molecular weight is 175 g/mol. The smallest absolute Gasteiger partial charge is 0.170 e. The van der Waals surface area contributed by atoms with Crippen LogP contribution in [0, 0.1) is 0 Å². The Morgan fingerprint density at radius 2 is 2.38 bits per heavy atom. The van der Waals surface area contributed by atoms with Gasteiger partial charge in [-0.15, -0.1) is 0 Å². The summed E-state index contributed by atoms with van der Waals surface area (Å²) in [7, 11) is 0. The van der Waals surface area contributed by atoms with Crippen molar-refractivity contribution in [1.82, 2.24) is 14.4 Å². The standard InChI is InChI=1S/C9H9N3O/c1-2-7-4-12-5-8(6-13)11-9(12)3-10-7/h3-6H,2H2,1H3. The molecule has 2 heterocycles. The molecule has 0 N–H and O–H groups in total. The molecule has 66 valence electrons. The number of hydrogen-bond acceptors (Lipinski definition) is 3. The summed E-state index contributed by atoms with van der Waals surface area (Å²) in [4.78, 5) is 18.6. The summed E-state index contributed by atoms with van der Waals surface area (Å²) >= 11 is 0. The molecule has 0 aliphatic heterocycles. The third kappa shape index (κ3) is 1.30. The van der Waals surface area contributed by atoms with Gasteiger partial charge in [0, 0.05) is 12.4 Å². The maximum Gasteiger partial charge on any atom is 0.170 e. The Kier molecular flexibility index (Phi) is 1.81. The van der Waals surface area contributed by atoms with Crippen LogP contribution in [0.3, 0.4) is 0 Å². The van der Waals surface area contributed by atoms with E-state index in [2.05, 4.69) is 9.97 Å². The normalized spacial score (nSPS) is 10.5. The molecular formula is C9H9N3O. The molecule has 0 saturated heterocycles. The first kappa shape index (κ1) is 7.91. The highest BCUT2D eigenvalue weighted by Gasteiger charge is 2.00. The van der Waals surface area contributed by atoms with Crippen molar-refractivity contribution >= 4 is 11.9 Å². The fourth-order valence-corrected chi connectivity index (χ4v) is 1.20.